The Morgan fingerprint density at radius 1 is 1.47 bits per heavy atom. The van der Waals surface area contributed by atoms with E-state index in [1.54, 1.807) is 17.2 Å². The summed E-state index contributed by atoms with van der Waals surface area (Å²) in [5, 5.41) is 0.472. The number of aromatic nitrogens is 1. The number of nitrogens with zero attached hydrogens (tertiary/aromatic N) is 2. The van der Waals surface area contributed by atoms with Crippen molar-refractivity contribution in [1.82, 2.24) is 9.88 Å². The highest BCUT2D eigenvalue weighted by molar-refractivity contribution is 6.33. The first-order chi connectivity index (χ1) is 7.10. The van der Waals surface area contributed by atoms with Gasteiger partial charge < -0.3 is 4.90 Å². The molecule has 0 fully saturated rings. The van der Waals surface area contributed by atoms with Gasteiger partial charge in [-0.25, -0.2) is 0 Å². The predicted molar refractivity (Wildman–Crippen MR) is 61.2 cm³/mol. The van der Waals surface area contributed by atoms with Crippen LogP contribution < -0.4 is 0 Å². The molecule has 0 N–H and O–H groups in total. The van der Waals surface area contributed by atoms with Crippen molar-refractivity contribution in [1.29, 1.82) is 0 Å². The molecule has 4 heteroatoms. The SMILES string of the molecule is CCN(CC)C(=O)c1cnc(C)cc1Cl. The molecular weight excluding hydrogens is 212 g/mol. The van der Waals surface area contributed by atoms with Gasteiger partial charge >= 0.3 is 0 Å². The molecule has 1 aromatic rings. The lowest BCUT2D eigenvalue weighted by atomic mass is 10.2. The molecule has 0 saturated heterocycles. The Morgan fingerprint density at radius 3 is 2.53 bits per heavy atom. The smallest absolute Gasteiger partial charge is 0.256 e. The van der Waals surface area contributed by atoms with E-state index < -0.39 is 0 Å². The van der Waals surface area contributed by atoms with Gasteiger partial charge in [0.2, 0.25) is 0 Å². The van der Waals surface area contributed by atoms with Gasteiger partial charge in [0.25, 0.3) is 5.91 Å². The van der Waals surface area contributed by atoms with Crippen LogP contribution in [0, 0.1) is 6.92 Å². The third kappa shape index (κ3) is 2.69. The zero-order valence-electron chi connectivity index (χ0n) is 9.25. The van der Waals surface area contributed by atoms with Crippen molar-refractivity contribution in [2.75, 3.05) is 13.1 Å². The van der Waals surface area contributed by atoms with Crippen molar-refractivity contribution < 1.29 is 4.79 Å². The molecular formula is C11H15ClN2O. The summed E-state index contributed by atoms with van der Waals surface area (Å²) in [6, 6.07) is 1.71. The molecule has 0 bridgehead atoms. The maximum Gasteiger partial charge on any atom is 0.256 e. The van der Waals surface area contributed by atoms with Crippen LogP contribution in [0.4, 0.5) is 0 Å². The number of aryl methyl sites for hydroxylation is 1. The third-order valence-electron chi connectivity index (χ3n) is 2.27. The zero-order chi connectivity index (χ0) is 11.4. The summed E-state index contributed by atoms with van der Waals surface area (Å²) >= 11 is 5.99. The first kappa shape index (κ1) is 12.0. The number of pyridine rings is 1. The van der Waals surface area contributed by atoms with Gasteiger partial charge in [-0.15, -0.1) is 0 Å². The van der Waals surface area contributed by atoms with Crippen LogP contribution in [0.3, 0.4) is 0 Å². The van der Waals surface area contributed by atoms with Crippen LogP contribution in [-0.4, -0.2) is 28.9 Å². The number of rotatable bonds is 3. The molecule has 1 aromatic heterocycles. The highest BCUT2D eigenvalue weighted by Crippen LogP contribution is 2.17. The van der Waals surface area contributed by atoms with Crippen molar-refractivity contribution in [3.8, 4) is 0 Å². The predicted octanol–water partition coefficient (Wildman–Crippen LogP) is 2.53. The molecule has 0 spiro atoms. The van der Waals surface area contributed by atoms with Crippen LogP contribution in [0.5, 0.6) is 0 Å². The minimum Gasteiger partial charge on any atom is -0.339 e. The van der Waals surface area contributed by atoms with E-state index in [1.165, 1.54) is 0 Å². The maximum atomic E-state index is 11.9. The average Bonchev–Trinajstić information content (AvgIpc) is 2.19. The highest BCUT2D eigenvalue weighted by Gasteiger charge is 2.15. The van der Waals surface area contributed by atoms with E-state index >= 15 is 0 Å². The van der Waals surface area contributed by atoms with Crippen LogP contribution in [0.15, 0.2) is 12.3 Å². The summed E-state index contributed by atoms with van der Waals surface area (Å²) in [7, 11) is 0. The van der Waals surface area contributed by atoms with Crippen molar-refractivity contribution in [3.63, 3.8) is 0 Å². The molecule has 0 radical (unpaired) electrons. The Morgan fingerprint density at radius 2 is 2.07 bits per heavy atom. The molecule has 15 heavy (non-hydrogen) atoms. The third-order valence-corrected chi connectivity index (χ3v) is 2.58. The Hall–Kier alpha value is -1.09. The van der Waals surface area contributed by atoms with Gasteiger partial charge in [0.15, 0.2) is 0 Å². The Kier molecular flexibility index (Phi) is 4.09. The summed E-state index contributed by atoms with van der Waals surface area (Å²) < 4.78 is 0. The van der Waals surface area contributed by atoms with Gasteiger partial charge in [-0.05, 0) is 26.8 Å². The minimum atomic E-state index is -0.0579. The van der Waals surface area contributed by atoms with Gasteiger partial charge in [0.1, 0.15) is 0 Å². The van der Waals surface area contributed by atoms with E-state index in [4.69, 9.17) is 11.6 Å². The van der Waals surface area contributed by atoms with Gasteiger partial charge in [-0.1, -0.05) is 11.6 Å². The summed E-state index contributed by atoms with van der Waals surface area (Å²) in [5.74, 6) is -0.0579. The van der Waals surface area contributed by atoms with Gasteiger partial charge in [0, 0.05) is 25.0 Å². The molecule has 0 aliphatic heterocycles. The fourth-order valence-electron chi connectivity index (χ4n) is 1.36. The molecule has 0 saturated carbocycles. The maximum absolute atomic E-state index is 11.9. The monoisotopic (exact) mass is 226 g/mol. The van der Waals surface area contributed by atoms with Crippen molar-refractivity contribution in [2.24, 2.45) is 0 Å². The van der Waals surface area contributed by atoms with Crippen molar-refractivity contribution >= 4 is 17.5 Å². The van der Waals surface area contributed by atoms with Crippen LogP contribution in [0.25, 0.3) is 0 Å². The standard InChI is InChI=1S/C11H15ClN2O/c1-4-14(5-2)11(15)9-7-13-8(3)6-10(9)12/h6-7H,4-5H2,1-3H3. The van der Waals surface area contributed by atoms with E-state index in [0.29, 0.717) is 23.7 Å². The number of carbonyl (C=O) groups is 1. The van der Waals surface area contributed by atoms with Crippen LogP contribution in [0.1, 0.15) is 29.9 Å². The van der Waals surface area contributed by atoms with Gasteiger partial charge in [-0.2, -0.15) is 0 Å². The lowest BCUT2D eigenvalue weighted by Gasteiger charge is -2.18. The summed E-state index contributed by atoms with van der Waals surface area (Å²) in [4.78, 5) is 17.7. The average molecular weight is 227 g/mol. The zero-order valence-corrected chi connectivity index (χ0v) is 10.0. The molecule has 1 rings (SSSR count). The van der Waals surface area contributed by atoms with Crippen molar-refractivity contribution in [2.45, 2.75) is 20.8 Å². The fourth-order valence-corrected chi connectivity index (χ4v) is 1.65. The van der Waals surface area contributed by atoms with Crippen LogP contribution in [0.2, 0.25) is 5.02 Å². The Bertz CT molecular complexity index is 362. The second kappa shape index (κ2) is 5.12. The molecule has 0 aliphatic carbocycles. The topological polar surface area (TPSA) is 33.2 Å². The molecule has 82 valence electrons. The molecule has 3 nitrogen and oxygen atoms in total. The number of hydrogen-bond donors (Lipinski definition) is 0. The van der Waals surface area contributed by atoms with E-state index in [0.717, 1.165) is 5.69 Å². The van der Waals surface area contributed by atoms with E-state index in [2.05, 4.69) is 4.98 Å². The Labute approximate surface area is 95.1 Å². The second-order valence-corrected chi connectivity index (χ2v) is 3.69. The molecule has 1 heterocycles. The molecule has 0 aromatic carbocycles. The summed E-state index contributed by atoms with van der Waals surface area (Å²) in [5.41, 5.74) is 1.29. The van der Waals surface area contributed by atoms with Gasteiger partial charge in [0.05, 0.1) is 10.6 Å². The first-order valence-corrected chi connectivity index (χ1v) is 5.39. The molecule has 0 unspecified atom stereocenters. The quantitative estimate of drug-likeness (QED) is 0.794. The van der Waals surface area contributed by atoms with Crippen molar-refractivity contribution in [3.05, 3.63) is 28.5 Å². The number of carbonyl (C=O) groups excluding carboxylic acids is 1. The largest absolute Gasteiger partial charge is 0.339 e. The highest BCUT2D eigenvalue weighted by atomic mass is 35.5. The fraction of sp³-hybridized carbons (Fsp3) is 0.455. The van der Waals surface area contributed by atoms with E-state index in [-0.39, 0.29) is 5.91 Å². The van der Waals surface area contributed by atoms with E-state index in [1.807, 2.05) is 20.8 Å². The molecule has 0 atom stereocenters. The van der Waals surface area contributed by atoms with Crippen LogP contribution in [-0.2, 0) is 0 Å². The second-order valence-electron chi connectivity index (χ2n) is 3.28. The van der Waals surface area contributed by atoms with E-state index in [9.17, 15) is 4.79 Å². The summed E-state index contributed by atoms with van der Waals surface area (Å²) in [6.07, 6.45) is 1.54. The first-order valence-electron chi connectivity index (χ1n) is 5.01. The molecule has 0 aliphatic rings. The molecule has 1 amide bonds. The Balaban J connectivity index is 3.00. The minimum absolute atomic E-state index is 0.0579. The lowest BCUT2D eigenvalue weighted by Crippen LogP contribution is -2.30. The number of halogens is 1. The van der Waals surface area contributed by atoms with Crippen LogP contribution >= 0.6 is 11.6 Å². The normalized spacial score (nSPS) is 10.1. The number of amides is 1. The lowest BCUT2D eigenvalue weighted by molar-refractivity contribution is 0.0773. The summed E-state index contributed by atoms with van der Waals surface area (Å²) in [6.45, 7) is 7.09. The van der Waals surface area contributed by atoms with Gasteiger partial charge in [-0.3, -0.25) is 9.78 Å². The number of hydrogen-bond acceptors (Lipinski definition) is 2.